The van der Waals surface area contributed by atoms with E-state index >= 15 is 0 Å². The SMILES string of the molecule is CCN(CC)CC(C)NC1CCCC(C2CC2)C1. The summed E-state index contributed by atoms with van der Waals surface area (Å²) in [5, 5.41) is 3.89. The molecule has 2 aliphatic carbocycles. The molecule has 0 heterocycles. The average molecular weight is 252 g/mol. The molecular weight excluding hydrogens is 220 g/mol. The Morgan fingerprint density at radius 2 is 1.78 bits per heavy atom. The number of hydrogen-bond donors (Lipinski definition) is 1. The Morgan fingerprint density at radius 3 is 2.39 bits per heavy atom. The van der Waals surface area contributed by atoms with Gasteiger partial charge in [0.15, 0.2) is 0 Å². The molecule has 2 aliphatic rings. The summed E-state index contributed by atoms with van der Waals surface area (Å²) in [6.07, 6.45) is 8.86. The van der Waals surface area contributed by atoms with Gasteiger partial charge < -0.3 is 10.2 Å². The predicted molar refractivity (Wildman–Crippen MR) is 78.9 cm³/mol. The summed E-state index contributed by atoms with van der Waals surface area (Å²) in [4.78, 5) is 2.53. The molecule has 0 saturated heterocycles. The molecule has 2 rings (SSSR count). The molecule has 2 nitrogen and oxygen atoms in total. The maximum atomic E-state index is 3.89. The van der Waals surface area contributed by atoms with Crippen LogP contribution in [-0.4, -0.2) is 36.6 Å². The molecule has 0 bridgehead atoms. The van der Waals surface area contributed by atoms with Gasteiger partial charge in [-0.2, -0.15) is 0 Å². The highest BCUT2D eigenvalue weighted by atomic mass is 15.1. The van der Waals surface area contributed by atoms with Crippen molar-refractivity contribution < 1.29 is 0 Å². The molecule has 0 radical (unpaired) electrons. The highest BCUT2D eigenvalue weighted by Crippen LogP contribution is 2.43. The summed E-state index contributed by atoms with van der Waals surface area (Å²) in [6, 6.07) is 1.45. The minimum Gasteiger partial charge on any atom is -0.310 e. The third-order valence-electron chi connectivity index (χ3n) is 4.95. The maximum Gasteiger partial charge on any atom is 0.0169 e. The zero-order chi connectivity index (χ0) is 13.0. The second-order valence-corrected chi connectivity index (χ2v) is 6.51. The van der Waals surface area contributed by atoms with E-state index in [0.717, 1.165) is 17.9 Å². The van der Waals surface area contributed by atoms with E-state index in [4.69, 9.17) is 0 Å². The third-order valence-corrected chi connectivity index (χ3v) is 4.95. The standard InChI is InChI=1S/C16H32N2/c1-4-18(5-2)12-13(3)17-16-8-6-7-15(11-16)14-9-10-14/h13-17H,4-12H2,1-3H3. The van der Waals surface area contributed by atoms with Crippen LogP contribution in [0.1, 0.15) is 59.3 Å². The molecule has 18 heavy (non-hydrogen) atoms. The largest absolute Gasteiger partial charge is 0.310 e. The van der Waals surface area contributed by atoms with Crippen molar-refractivity contribution in [2.45, 2.75) is 71.4 Å². The van der Waals surface area contributed by atoms with Crippen LogP contribution in [0, 0.1) is 11.8 Å². The molecule has 0 aromatic carbocycles. The second-order valence-electron chi connectivity index (χ2n) is 6.51. The zero-order valence-corrected chi connectivity index (χ0v) is 12.6. The number of rotatable bonds is 7. The summed E-state index contributed by atoms with van der Waals surface area (Å²) in [6.45, 7) is 10.5. The van der Waals surface area contributed by atoms with Crippen molar-refractivity contribution in [3.63, 3.8) is 0 Å². The number of hydrogen-bond acceptors (Lipinski definition) is 2. The normalized spacial score (nSPS) is 30.7. The molecule has 1 N–H and O–H groups in total. The van der Waals surface area contributed by atoms with Gasteiger partial charge in [-0.25, -0.2) is 0 Å². The van der Waals surface area contributed by atoms with Crippen molar-refractivity contribution >= 4 is 0 Å². The first kappa shape index (κ1) is 14.3. The fourth-order valence-electron chi connectivity index (χ4n) is 3.70. The maximum absolute atomic E-state index is 3.89. The van der Waals surface area contributed by atoms with Crippen LogP contribution in [-0.2, 0) is 0 Å². The van der Waals surface area contributed by atoms with E-state index in [0.29, 0.717) is 6.04 Å². The molecule has 106 valence electrons. The van der Waals surface area contributed by atoms with E-state index in [1.165, 1.54) is 58.2 Å². The number of nitrogens with zero attached hydrogens (tertiary/aromatic N) is 1. The number of likely N-dealkylation sites (N-methyl/N-ethyl adjacent to an activating group) is 1. The van der Waals surface area contributed by atoms with Gasteiger partial charge in [0.1, 0.15) is 0 Å². The highest BCUT2D eigenvalue weighted by molar-refractivity contribution is 4.88. The molecule has 0 amide bonds. The topological polar surface area (TPSA) is 15.3 Å². The lowest BCUT2D eigenvalue weighted by Crippen LogP contribution is -2.45. The van der Waals surface area contributed by atoms with Crippen molar-refractivity contribution in [1.29, 1.82) is 0 Å². The lowest BCUT2D eigenvalue weighted by Gasteiger charge is -2.33. The molecule has 0 aromatic rings. The van der Waals surface area contributed by atoms with Crippen molar-refractivity contribution in [3.05, 3.63) is 0 Å². The molecule has 2 fully saturated rings. The minimum absolute atomic E-state index is 0.646. The summed E-state index contributed by atoms with van der Waals surface area (Å²) in [5.41, 5.74) is 0. The van der Waals surface area contributed by atoms with Crippen LogP contribution < -0.4 is 5.32 Å². The highest BCUT2D eigenvalue weighted by Gasteiger charge is 2.34. The molecule has 0 spiro atoms. The average Bonchev–Trinajstić information content (AvgIpc) is 3.20. The van der Waals surface area contributed by atoms with E-state index in [-0.39, 0.29) is 0 Å². The monoisotopic (exact) mass is 252 g/mol. The summed E-state index contributed by atoms with van der Waals surface area (Å²) in [7, 11) is 0. The smallest absolute Gasteiger partial charge is 0.0169 e. The van der Waals surface area contributed by atoms with Crippen molar-refractivity contribution in [3.8, 4) is 0 Å². The van der Waals surface area contributed by atoms with Crippen LogP contribution in [0.3, 0.4) is 0 Å². The van der Waals surface area contributed by atoms with E-state index < -0.39 is 0 Å². The van der Waals surface area contributed by atoms with Crippen LogP contribution in [0.5, 0.6) is 0 Å². The first-order chi connectivity index (χ1) is 8.72. The molecule has 2 heteroatoms. The van der Waals surface area contributed by atoms with Crippen LogP contribution in [0.4, 0.5) is 0 Å². The van der Waals surface area contributed by atoms with E-state index in [2.05, 4.69) is 31.0 Å². The van der Waals surface area contributed by atoms with Crippen LogP contribution in [0.2, 0.25) is 0 Å². The van der Waals surface area contributed by atoms with Gasteiger partial charge in [-0.3, -0.25) is 0 Å². The van der Waals surface area contributed by atoms with Gasteiger partial charge in [-0.1, -0.05) is 26.7 Å². The zero-order valence-electron chi connectivity index (χ0n) is 12.6. The van der Waals surface area contributed by atoms with Gasteiger partial charge in [0, 0.05) is 18.6 Å². The molecule has 0 aliphatic heterocycles. The Balaban J connectivity index is 1.70. The molecule has 0 aromatic heterocycles. The van der Waals surface area contributed by atoms with Crippen LogP contribution in [0.25, 0.3) is 0 Å². The summed E-state index contributed by atoms with van der Waals surface area (Å²) < 4.78 is 0. The fourth-order valence-corrected chi connectivity index (χ4v) is 3.70. The lowest BCUT2D eigenvalue weighted by molar-refractivity contribution is 0.218. The van der Waals surface area contributed by atoms with E-state index in [9.17, 15) is 0 Å². The Labute approximate surface area is 114 Å². The van der Waals surface area contributed by atoms with E-state index in [1.54, 1.807) is 0 Å². The van der Waals surface area contributed by atoms with Crippen molar-refractivity contribution in [1.82, 2.24) is 10.2 Å². The predicted octanol–water partition coefficient (Wildman–Crippen LogP) is 3.28. The molecule has 2 saturated carbocycles. The van der Waals surface area contributed by atoms with E-state index in [1.807, 2.05) is 0 Å². The van der Waals surface area contributed by atoms with Gasteiger partial charge in [0.05, 0.1) is 0 Å². The molecular formula is C16H32N2. The minimum atomic E-state index is 0.646. The van der Waals surface area contributed by atoms with Gasteiger partial charge in [-0.15, -0.1) is 0 Å². The molecule has 3 unspecified atom stereocenters. The Morgan fingerprint density at radius 1 is 1.06 bits per heavy atom. The van der Waals surface area contributed by atoms with Gasteiger partial charge in [0.2, 0.25) is 0 Å². The Hall–Kier alpha value is -0.0800. The van der Waals surface area contributed by atoms with Crippen molar-refractivity contribution in [2.75, 3.05) is 19.6 Å². The third kappa shape index (κ3) is 4.24. The molecule has 3 atom stereocenters. The van der Waals surface area contributed by atoms with Crippen LogP contribution in [0.15, 0.2) is 0 Å². The first-order valence-electron chi connectivity index (χ1n) is 8.21. The fraction of sp³-hybridized carbons (Fsp3) is 1.00. The quantitative estimate of drug-likeness (QED) is 0.748. The summed E-state index contributed by atoms with van der Waals surface area (Å²) >= 11 is 0. The van der Waals surface area contributed by atoms with Crippen LogP contribution >= 0.6 is 0 Å². The first-order valence-corrected chi connectivity index (χ1v) is 8.21. The lowest BCUT2D eigenvalue weighted by atomic mass is 9.82. The van der Waals surface area contributed by atoms with Gasteiger partial charge in [-0.05, 0) is 57.5 Å². The second kappa shape index (κ2) is 6.91. The number of nitrogens with one attached hydrogen (secondary N) is 1. The van der Waals surface area contributed by atoms with Gasteiger partial charge >= 0.3 is 0 Å². The van der Waals surface area contributed by atoms with Crippen molar-refractivity contribution in [2.24, 2.45) is 11.8 Å². The Kier molecular flexibility index (Phi) is 5.50. The summed E-state index contributed by atoms with van der Waals surface area (Å²) in [5.74, 6) is 2.16. The van der Waals surface area contributed by atoms with Gasteiger partial charge in [0.25, 0.3) is 0 Å². The Bertz CT molecular complexity index is 233.